The van der Waals surface area contributed by atoms with Crippen molar-refractivity contribution in [1.29, 1.82) is 0 Å². The molecule has 1 aromatic heterocycles. The van der Waals surface area contributed by atoms with E-state index in [2.05, 4.69) is 15.3 Å². The standard InChI is InChI=1S/C15H25N5O2/c1-11(2)18-14(21)4-6-20-15(22)7-13(9-17-20)19-5-3-12(8-16)10-19/h7,9,11-12H,3-6,8,10,16H2,1-2H3,(H,18,21). The quantitative estimate of drug-likeness (QED) is 0.768. The molecule has 7 heteroatoms. The average molecular weight is 307 g/mol. The van der Waals surface area contributed by atoms with Crippen LogP contribution in [0.25, 0.3) is 0 Å². The van der Waals surface area contributed by atoms with Crippen LogP contribution in [0.5, 0.6) is 0 Å². The number of hydrogen-bond donors (Lipinski definition) is 2. The topological polar surface area (TPSA) is 93.2 Å². The normalized spacial score (nSPS) is 18.0. The van der Waals surface area contributed by atoms with Gasteiger partial charge in [-0.3, -0.25) is 9.59 Å². The third kappa shape index (κ3) is 4.30. The molecule has 7 nitrogen and oxygen atoms in total. The molecule has 0 aromatic carbocycles. The minimum absolute atomic E-state index is 0.0712. The summed E-state index contributed by atoms with van der Waals surface area (Å²) in [5, 5.41) is 6.97. The Balaban J connectivity index is 1.95. The minimum Gasteiger partial charge on any atom is -0.370 e. The number of aryl methyl sites for hydroxylation is 1. The van der Waals surface area contributed by atoms with Gasteiger partial charge in [0.2, 0.25) is 5.91 Å². The highest BCUT2D eigenvalue weighted by molar-refractivity contribution is 5.76. The van der Waals surface area contributed by atoms with Gasteiger partial charge in [0.25, 0.3) is 5.56 Å². The van der Waals surface area contributed by atoms with Crippen molar-refractivity contribution in [3.8, 4) is 0 Å². The number of anilines is 1. The Bertz CT molecular complexity index is 569. The number of carbonyl (C=O) groups excluding carboxylic acids is 1. The molecule has 2 rings (SSSR count). The molecule has 1 aliphatic rings. The molecule has 1 unspecified atom stereocenters. The van der Waals surface area contributed by atoms with Gasteiger partial charge in [-0.15, -0.1) is 0 Å². The van der Waals surface area contributed by atoms with Crippen molar-refractivity contribution >= 4 is 11.6 Å². The van der Waals surface area contributed by atoms with Crippen molar-refractivity contribution in [2.75, 3.05) is 24.5 Å². The van der Waals surface area contributed by atoms with E-state index in [1.165, 1.54) is 4.68 Å². The van der Waals surface area contributed by atoms with E-state index in [4.69, 9.17) is 5.73 Å². The molecule has 0 aliphatic carbocycles. The molecule has 1 fully saturated rings. The first-order chi connectivity index (χ1) is 10.5. The predicted molar refractivity (Wildman–Crippen MR) is 85.8 cm³/mol. The van der Waals surface area contributed by atoms with Gasteiger partial charge in [0.1, 0.15) is 0 Å². The molecule has 1 saturated heterocycles. The first-order valence-corrected chi connectivity index (χ1v) is 7.81. The molecule has 0 saturated carbocycles. The molecule has 0 radical (unpaired) electrons. The van der Waals surface area contributed by atoms with Gasteiger partial charge < -0.3 is 16.0 Å². The van der Waals surface area contributed by atoms with Crippen LogP contribution in [0.1, 0.15) is 26.7 Å². The summed E-state index contributed by atoms with van der Waals surface area (Å²) < 4.78 is 1.33. The molecule has 0 bridgehead atoms. The molecule has 1 aliphatic heterocycles. The lowest BCUT2D eigenvalue weighted by Crippen LogP contribution is -2.33. The molecule has 1 aromatic rings. The Morgan fingerprint density at radius 3 is 2.91 bits per heavy atom. The van der Waals surface area contributed by atoms with Gasteiger partial charge in [-0.05, 0) is 32.7 Å². The number of aromatic nitrogens is 2. The predicted octanol–water partition coefficient (Wildman–Crippen LogP) is -0.0570. The van der Waals surface area contributed by atoms with E-state index in [0.29, 0.717) is 19.0 Å². The SMILES string of the molecule is CC(C)NC(=O)CCn1ncc(N2CCC(CN)C2)cc1=O. The van der Waals surface area contributed by atoms with Crippen molar-refractivity contribution in [2.24, 2.45) is 11.7 Å². The summed E-state index contributed by atoms with van der Waals surface area (Å²) >= 11 is 0. The molecular weight excluding hydrogens is 282 g/mol. The summed E-state index contributed by atoms with van der Waals surface area (Å²) in [6.45, 7) is 6.56. The minimum atomic E-state index is -0.175. The Morgan fingerprint density at radius 1 is 1.55 bits per heavy atom. The van der Waals surface area contributed by atoms with E-state index >= 15 is 0 Å². The van der Waals surface area contributed by atoms with Crippen LogP contribution in [0.3, 0.4) is 0 Å². The largest absolute Gasteiger partial charge is 0.370 e. The number of nitrogens with zero attached hydrogens (tertiary/aromatic N) is 3. The van der Waals surface area contributed by atoms with Gasteiger partial charge in [-0.2, -0.15) is 5.10 Å². The molecule has 1 amide bonds. The average Bonchev–Trinajstić information content (AvgIpc) is 2.94. The number of hydrogen-bond acceptors (Lipinski definition) is 5. The van der Waals surface area contributed by atoms with Crippen LogP contribution in [-0.4, -0.2) is 41.4 Å². The summed E-state index contributed by atoms with van der Waals surface area (Å²) in [4.78, 5) is 25.8. The maximum absolute atomic E-state index is 12.1. The summed E-state index contributed by atoms with van der Waals surface area (Å²) in [6.07, 6.45) is 3.00. The van der Waals surface area contributed by atoms with Gasteiger partial charge >= 0.3 is 0 Å². The van der Waals surface area contributed by atoms with Crippen LogP contribution in [0.15, 0.2) is 17.1 Å². The summed E-state index contributed by atoms with van der Waals surface area (Å²) in [5.74, 6) is 0.417. The highest BCUT2D eigenvalue weighted by Gasteiger charge is 2.22. The van der Waals surface area contributed by atoms with Crippen LogP contribution in [0.2, 0.25) is 0 Å². The second-order valence-electron chi connectivity index (χ2n) is 6.08. The van der Waals surface area contributed by atoms with E-state index in [1.54, 1.807) is 12.3 Å². The number of nitrogens with one attached hydrogen (secondary N) is 1. The summed E-state index contributed by atoms with van der Waals surface area (Å²) in [5.41, 5.74) is 6.35. The lowest BCUT2D eigenvalue weighted by atomic mass is 10.1. The van der Waals surface area contributed by atoms with Gasteiger partial charge in [0.05, 0.1) is 18.4 Å². The highest BCUT2D eigenvalue weighted by atomic mass is 16.2. The third-order valence-electron chi connectivity index (χ3n) is 3.84. The highest BCUT2D eigenvalue weighted by Crippen LogP contribution is 2.21. The zero-order chi connectivity index (χ0) is 16.1. The smallest absolute Gasteiger partial charge is 0.268 e. The van der Waals surface area contributed by atoms with E-state index in [-0.39, 0.29) is 23.9 Å². The molecule has 3 N–H and O–H groups in total. The van der Waals surface area contributed by atoms with Gasteiger partial charge in [-0.1, -0.05) is 0 Å². The molecule has 122 valence electrons. The van der Waals surface area contributed by atoms with E-state index in [1.807, 2.05) is 13.8 Å². The fraction of sp³-hybridized carbons (Fsp3) is 0.667. The second-order valence-corrected chi connectivity index (χ2v) is 6.08. The molecule has 2 heterocycles. The zero-order valence-electron chi connectivity index (χ0n) is 13.3. The van der Waals surface area contributed by atoms with Crippen molar-refractivity contribution in [3.63, 3.8) is 0 Å². The summed E-state index contributed by atoms with van der Waals surface area (Å²) in [6, 6.07) is 1.69. The Labute approximate surface area is 130 Å². The van der Waals surface area contributed by atoms with Crippen LogP contribution in [0.4, 0.5) is 5.69 Å². The van der Waals surface area contributed by atoms with Crippen molar-refractivity contribution in [2.45, 2.75) is 39.3 Å². The summed E-state index contributed by atoms with van der Waals surface area (Å²) in [7, 11) is 0. The van der Waals surface area contributed by atoms with Crippen LogP contribution >= 0.6 is 0 Å². The first kappa shape index (κ1) is 16.5. The molecule has 1 atom stereocenters. The van der Waals surface area contributed by atoms with Gasteiger partial charge in [0.15, 0.2) is 0 Å². The third-order valence-corrected chi connectivity index (χ3v) is 3.84. The van der Waals surface area contributed by atoms with Gasteiger partial charge in [0, 0.05) is 31.6 Å². The monoisotopic (exact) mass is 307 g/mol. The van der Waals surface area contributed by atoms with Crippen molar-refractivity contribution in [1.82, 2.24) is 15.1 Å². The van der Waals surface area contributed by atoms with Crippen LogP contribution < -0.4 is 21.5 Å². The van der Waals surface area contributed by atoms with Crippen LogP contribution in [-0.2, 0) is 11.3 Å². The fourth-order valence-corrected chi connectivity index (χ4v) is 2.63. The Hall–Kier alpha value is -1.89. The first-order valence-electron chi connectivity index (χ1n) is 7.81. The van der Waals surface area contributed by atoms with Gasteiger partial charge in [-0.25, -0.2) is 4.68 Å². The van der Waals surface area contributed by atoms with E-state index in [0.717, 1.165) is 25.2 Å². The zero-order valence-corrected chi connectivity index (χ0v) is 13.3. The maximum atomic E-state index is 12.1. The molecule has 0 spiro atoms. The van der Waals surface area contributed by atoms with E-state index in [9.17, 15) is 9.59 Å². The lowest BCUT2D eigenvalue weighted by molar-refractivity contribution is -0.121. The molecular formula is C15H25N5O2. The fourth-order valence-electron chi connectivity index (χ4n) is 2.63. The maximum Gasteiger partial charge on any atom is 0.268 e. The molecule has 22 heavy (non-hydrogen) atoms. The lowest BCUT2D eigenvalue weighted by Gasteiger charge is -2.18. The number of nitrogens with two attached hydrogens (primary N) is 1. The second kappa shape index (κ2) is 7.40. The number of rotatable bonds is 6. The number of amides is 1. The Kier molecular flexibility index (Phi) is 5.54. The van der Waals surface area contributed by atoms with E-state index < -0.39 is 0 Å². The number of carbonyl (C=O) groups is 1. The van der Waals surface area contributed by atoms with Crippen molar-refractivity contribution in [3.05, 3.63) is 22.6 Å². The van der Waals surface area contributed by atoms with Crippen LogP contribution in [0, 0.1) is 5.92 Å². The van der Waals surface area contributed by atoms with Crippen molar-refractivity contribution < 1.29 is 4.79 Å². The Morgan fingerprint density at radius 2 is 2.32 bits per heavy atom.